The highest BCUT2D eigenvalue weighted by Gasteiger charge is 2.18. The molecular formula is C16H15NO3S. The van der Waals surface area contributed by atoms with Crippen molar-refractivity contribution in [2.24, 2.45) is 0 Å². The van der Waals surface area contributed by atoms with E-state index in [0.717, 1.165) is 18.4 Å². The minimum atomic E-state index is -1.03. The van der Waals surface area contributed by atoms with Gasteiger partial charge in [-0.25, -0.2) is 4.79 Å². The number of fused-ring (bicyclic) bond motifs is 1. The number of hydrogen-bond acceptors (Lipinski definition) is 4. The molecule has 0 radical (unpaired) electrons. The Morgan fingerprint density at radius 2 is 2.10 bits per heavy atom. The molecule has 0 amide bonds. The van der Waals surface area contributed by atoms with Crippen LogP contribution in [0.2, 0.25) is 0 Å². The van der Waals surface area contributed by atoms with Crippen LogP contribution in [-0.4, -0.2) is 17.6 Å². The smallest absolute Gasteiger partial charge is 0.372 e. The maximum Gasteiger partial charge on any atom is 0.372 e. The van der Waals surface area contributed by atoms with E-state index in [1.807, 2.05) is 24.3 Å². The highest BCUT2D eigenvalue weighted by molar-refractivity contribution is 7.09. The van der Waals surface area contributed by atoms with E-state index in [1.54, 1.807) is 17.4 Å². The Labute approximate surface area is 126 Å². The molecule has 0 bridgehead atoms. The van der Waals surface area contributed by atoms with Crippen LogP contribution in [0.3, 0.4) is 0 Å². The summed E-state index contributed by atoms with van der Waals surface area (Å²) in [5.41, 5.74) is 1.33. The quantitative estimate of drug-likeness (QED) is 0.684. The summed E-state index contributed by atoms with van der Waals surface area (Å²) in [5.74, 6) is -0.999. The molecule has 2 heterocycles. The van der Waals surface area contributed by atoms with E-state index in [9.17, 15) is 9.90 Å². The van der Waals surface area contributed by atoms with Gasteiger partial charge in [-0.05, 0) is 23.9 Å². The van der Waals surface area contributed by atoms with Crippen LogP contribution in [0, 0.1) is 0 Å². The summed E-state index contributed by atoms with van der Waals surface area (Å²) in [5, 5.41) is 15.5. The van der Waals surface area contributed by atoms with Gasteiger partial charge in [-0.15, -0.1) is 11.3 Å². The van der Waals surface area contributed by atoms with Crippen LogP contribution in [0.15, 0.2) is 46.2 Å². The van der Waals surface area contributed by atoms with E-state index in [1.165, 1.54) is 4.88 Å². The predicted molar refractivity (Wildman–Crippen MR) is 82.9 cm³/mol. The number of rotatable bonds is 6. The molecule has 108 valence electrons. The summed E-state index contributed by atoms with van der Waals surface area (Å²) < 4.78 is 5.43. The Bertz CT molecular complexity index is 746. The molecule has 0 fully saturated rings. The highest BCUT2D eigenvalue weighted by Crippen LogP contribution is 2.25. The SMILES string of the molecule is O=C(O)c1oc2ccccc2c1CNCCc1cccs1. The van der Waals surface area contributed by atoms with Crippen LogP contribution in [0.5, 0.6) is 0 Å². The van der Waals surface area contributed by atoms with E-state index in [-0.39, 0.29) is 5.76 Å². The van der Waals surface area contributed by atoms with Gasteiger partial charge in [0.25, 0.3) is 0 Å². The molecule has 3 aromatic rings. The summed E-state index contributed by atoms with van der Waals surface area (Å²) in [6.07, 6.45) is 0.940. The van der Waals surface area contributed by atoms with Crippen LogP contribution >= 0.6 is 11.3 Å². The zero-order valence-corrected chi connectivity index (χ0v) is 12.2. The normalized spacial score (nSPS) is 11.0. The molecule has 0 spiro atoms. The van der Waals surface area contributed by atoms with Crippen LogP contribution < -0.4 is 5.32 Å². The minimum absolute atomic E-state index is 0.0276. The monoisotopic (exact) mass is 301 g/mol. The van der Waals surface area contributed by atoms with Crippen molar-refractivity contribution in [1.29, 1.82) is 0 Å². The fourth-order valence-electron chi connectivity index (χ4n) is 2.33. The van der Waals surface area contributed by atoms with Gasteiger partial charge in [-0.1, -0.05) is 24.3 Å². The van der Waals surface area contributed by atoms with Gasteiger partial charge in [-0.3, -0.25) is 0 Å². The molecule has 2 N–H and O–H groups in total. The molecule has 0 aliphatic carbocycles. The number of carboxylic acid groups (broad SMARTS) is 1. The first-order valence-electron chi connectivity index (χ1n) is 6.72. The number of para-hydroxylation sites is 1. The zero-order chi connectivity index (χ0) is 14.7. The number of thiophene rings is 1. The van der Waals surface area contributed by atoms with E-state index >= 15 is 0 Å². The Morgan fingerprint density at radius 1 is 1.24 bits per heavy atom. The molecule has 21 heavy (non-hydrogen) atoms. The first kappa shape index (κ1) is 13.9. The second-order valence-electron chi connectivity index (χ2n) is 4.72. The molecule has 3 rings (SSSR count). The first-order valence-corrected chi connectivity index (χ1v) is 7.60. The van der Waals surface area contributed by atoms with Crippen molar-refractivity contribution >= 4 is 28.3 Å². The second kappa shape index (κ2) is 6.11. The highest BCUT2D eigenvalue weighted by atomic mass is 32.1. The van der Waals surface area contributed by atoms with Crippen molar-refractivity contribution in [3.8, 4) is 0 Å². The third-order valence-electron chi connectivity index (χ3n) is 3.32. The topological polar surface area (TPSA) is 62.5 Å². The average molecular weight is 301 g/mol. The molecule has 5 heteroatoms. The van der Waals surface area contributed by atoms with Gasteiger partial charge in [0.2, 0.25) is 5.76 Å². The van der Waals surface area contributed by atoms with Gasteiger partial charge in [0.05, 0.1) is 0 Å². The lowest BCUT2D eigenvalue weighted by Crippen LogP contribution is -2.17. The van der Waals surface area contributed by atoms with Gasteiger partial charge in [0.15, 0.2) is 0 Å². The molecule has 0 aliphatic heterocycles. The summed E-state index contributed by atoms with van der Waals surface area (Å²) in [7, 11) is 0. The third kappa shape index (κ3) is 2.99. The molecule has 0 atom stereocenters. The molecule has 0 aliphatic rings. The minimum Gasteiger partial charge on any atom is -0.475 e. The number of nitrogens with one attached hydrogen (secondary N) is 1. The summed E-state index contributed by atoms with van der Waals surface area (Å²) in [6, 6.07) is 11.5. The van der Waals surface area contributed by atoms with Crippen molar-refractivity contribution in [2.45, 2.75) is 13.0 Å². The molecule has 2 aromatic heterocycles. The lowest BCUT2D eigenvalue weighted by molar-refractivity contribution is 0.0663. The number of benzene rings is 1. The molecular weight excluding hydrogens is 286 g/mol. The van der Waals surface area contributed by atoms with E-state index in [0.29, 0.717) is 17.7 Å². The number of carboxylic acids is 1. The van der Waals surface area contributed by atoms with E-state index < -0.39 is 5.97 Å². The van der Waals surface area contributed by atoms with E-state index in [2.05, 4.69) is 16.8 Å². The second-order valence-corrected chi connectivity index (χ2v) is 5.75. The van der Waals surface area contributed by atoms with Crippen LogP contribution in [0.25, 0.3) is 11.0 Å². The zero-order valence-electron chi connectivity index (χ0n) is 11.3. The van der Waals surface area contributed by atoms with Crippen molar-refractivity contribution in [3.63, 3.8) is 0 Å². The van der Waals surface area contributed by atoms with Crippen molar-refractivity contribution in [3.05, 3.63) is 58.0 Å². The average Bonchev–Trinajstić information content (AvgIpc) is 3.11. The summed E-state index contributed by atoms with van der Waals surface area (Å²) in [6.45, 7) is 1.29. The maximum absolute atomic E-state index is 11.3. The Kier molecular flexibility index (Phi) is 4.03. The fourth-order valence-corrected chi connectivity index (χ4v) is 3.04. The number of aromatic carboxylic acids is 1. The predicted octanol–water partition coefficient (Wildman–Crippen LogP) is 3.52. The van der Waals surface area contributed by atoms with Gasteiger partial charge in [0.1, 0.15) is 5.58 Å². The van der Waals surface area contributed by atoms with Crippen LogP contribution in [0.4, 0.5) is 0 Å². The Hall–Kier alpha value is -2.11. The molecule has 0 unspecified atom stereocenters. The van der Waals surface area contributed by atoms with Crippen molar-refractivity contribution in [1.82, 2.24) is 5.32 Å². The maximum atomic E-state index is 11.3. The van der Waals surface area contributed by atoms with Gasteiger partial charge in [-0.2, -0.15) is 0 Å². The number of furan rings is 1. The molecule has 4 nitrogen and oxygen atoms in total. The first-order chi connectivity index (χ1) is 10.3. The molecule has 0 saturated heterocycles. The number of carbonyl (C=O) groups is 1. The van der Waals surface area contributed by atoms with Crippen molar-refractivity contribution < 1.29 is 14.3 Å². The summed E-state index contributed by atoms with van der Waals surface area (Å²) in [4.78, 5) is 12.6. The lowest BCUT2D eigenvalue weighted by atomic mass is 10.1. The largest absolute Gasteiger partial charge is 0.475 e. The molecule has 1 aromatic carbocycles. The van der Waals surface area contributed by atoms with Crippen LogP contribution in [0.1, 0.15) is 21.0 Å². The van der Waals surface area contributed by atoms with Crippen LogP contribution in [-0.2, 0) is 13.0 Å². The number of hydrogen-bond donors (Lipinski definition) is 2. The molecule has 0 saturated carbocycles. The third-order valence-corrected chi connectivity index (χ3v) is 4.26. The van der Waals surface area contributed by atoms with Gasteiger partial charge < -0.3 is 14.8 Å². The Balaban J connectivity index is 1.73. The Morgan fingerprint density at radius 3 is 2.86 bits per heavy atom. The lowest BCUT2D eigenvalue weighted by Gasteiger charge is -2.03. The van der Waals surface area contributed by atoms with E-state index in [4.69, 9.17) is 4.42 Å². The fraction of sp³-hybridized carbons (Fsp3) is 0.188. The van der Waals surface area contributed by atoms with Gasteiger partial charge >= 0.3 is 5.97 Å². The summed E-state index contributed by atoms with van der Waals surface area (Å²) >= 11 is 1.73. The van der Waals surface area contributed by atoms with Gasteiger partial charge in [0, 0.05) is 28.9 Å². The van der Waals surface area contributed by atoms with Crippen molar-refractivity contribution in [2.75, 3.05) is 6.54 Å². The standard InChI is InChI=1S/C16H15NO3S/c18-16(19)15-13(12-5-1-2-6-14(12)20-15)10-17-8-7-11-4-3-9-21-11/h1-6,9,17H,7-8,10H2,(H,18,19).